The van der Waals surface area contributed by atoms with E-state index in [1.54, 1.807) is 0 Å². The van der Waals surface area contributed by atoms with E-state index in [9.17, 15) is 4.79 Å². The molecule has 1 unspecified atom stereocenters. The van der Waals surface area contributed by atoms with Gasteiger partial charge in [0.25, 0.3) is 0 Å². The molecule has 5 nitrogen and oxygen atoms in total. The number of hydrogen-bond donors (Lipinski definition) is 2. The molecule has 1 amide bonds. The fraction of sp³-hybridized carbons (Fsp3) is 0.588. The first-order valence-corrected chi connectivity index (χ1v) is 7.92. The van der Waals surface area contributed by atoms with Crippen LogP contribution < -0.4 is 16.0 Å². The maximum atomic E-state index is 11.7. The number of carbonyl (C=O) groups is 1. The van der Waals surface area contributed by atoms with Gasteiger partial charge in [-0.15, -0.1) is 0 Å². The van der Waals surface area contributed by atoms with Crippen molar-refractivity contribution in [2.24, 2.45) is 5.73 Å². The predicted octanol–water partition coefficient (Wildman–Crippen LogP) is 2.29. The van der Waals surface area contributed by atoms with Gasteiger partial charge >= 0.3 is 6.09 Å². The maximum Gasteiger partial charge on any atom is 0.407 e. The third-order valence-electron chi connectivity index (χ3n) is 3.78. The zero-order valence-electron chi connectivity index (χ0n) is 13.8. The first-order chi connectivity index (χ1) is 10.4. The Morgan fingerprint density at radius 3 is 2.82 bits per heavy atom. The van der Waals surface area contributed by atoms with E-state index in [-0.39, 0.29) is 12.1 Å². The monoisotopic (exact) mass is 305 g/mol. The summed E-state index contributed by atoms with van der Waals surface area (Å²) in [5.41, 5.74) is 8.13. The summed E-state index contributed by atoms with van der Waals surface area (Å²) in [5, 5.41) is 2.81. The van der Waals surface area contributed by atoms with Crippen LogP contribution in [0, 0.1) is 0 Å². The van der Waals surface area contributed by atoms with Gasteiger partial charge in [0.2, 0.25) is 0 Å². The molecule has 0 saturated carbocycles. The second kappa shape index (κ2) is 7.01. The van der Waals surface area contributed by atoms with Crippen molar-refractivity contribution >= 4 is 11.8 Å². The minimum absolute atomic E-state index is 0.235. The smallest absolute Gasteiger partial charge is 0.407 e. The Morgan fingerprint density at radius 1 is 1.41 bits per heavy atom. The molecule has 1 aliphatic heterocycles. The van der Waals surface area contributed by atoms with E-state index in [0.29, 0.717) is 13.1 Å². The Hall–Kier alpha value is -1.75. The highest BCUT2D eigenvalue weighted by atomic mass is 16.6. The molecular weight excluding hydrogens is 278 g/mol. The minimum atomic E-state index is -0.467. The highest BCUT2D eigenvalue weighted by Gasteiger charge is 2.25. The molecule has 1 aromatic rings. The topological polar surface area (TPSA) is 67.6 Å². The average Bonchev–Trinajstić information content (AvgIpc) is 2.86. The number of carbonyl (C=O) groups excluding carboxylic acids is 1. The number of rotatable bonds is 5. The number of fused-ring (bicyclic) bond motifs is 1. The molecule has 1 atom stereocenters. The maximum absolute atomic E-state index is 11.7. The van der Waals surface area contributed by atoms with Gasteiger partial charge in [0, 0.05) is 31.4 Å². The number of amides is 1. The van der Waals surface area contributed by atoms with E-state index >= 15 is 0 Å². The normalized spacial score (nSPS) is 15.4. The van der Waals surface area contributed by atoms with Gasteiger partial charge in [0.1, 0.15) is 5.60 Å². The standard InChI is InChI=1S/C17H27N3O2/c1-17(2,3)22-16(21)19-10-8-14(12-18)20-11-9-13-6-4-5-7-15(13)20/h4-7,14H,8-12,18H2,1-3H3,(H,19,21). The molecule has 0 fully saturated rings. The Kier molecular flexibility index (Phi) is 5.29. The van der Waals surface area contributed by atoms with E-state index in [1.165, 1.54) is 11.3 Å². The van der Waals surface area contributed by atoms with Crippen LogP contribution in [0.5, 0.6) is 0 Å². The molecule has 0 aliphatic carbocycles. The number of ether oxygens (including phenoxy) is 1. The van der Waals surface area contributed by atoms with Gasteiger partial charge in [-0.05, 0) is 45.2 Å². The number of nitrogens with zero attached hydrogens (tertiary/aromatic N) is 1. The zero-order valence-corrected chi connectivity index (χ0v) is 13.8. The van der Waals surface area contributed by atoms with Crippen molar-refractivity contribution in [1.29, 1.82) is 0 Å². The Morgan fingerprint density at radius 2 is 2.14 bits per heavy atom. The van der Waals surface area contributed by atoms with Crippen molar-refractivity contribution in [2.45, 2.75) is 45.3 Å². The Balaban J connectivity index is 1.85. The summed E-state index contributed by atoms with van der Waals surface area (Å²) in [6.45, 7) is 7.71. The van der Waals surface area contributed by atoms with Crippen molar-refractivity contribution in [3.63, 3.8) is 0 Å². The summed E-state index contributed by atoms with van der Waals surface area (Å²) >= 11 is 0. The molecule has 5 heteroatoms. The minimum Gasteiger partial charge on any atom is -0.444 e. The van der Waals surface area contributed by atoms with Crippen LogP contribution in [0.25, 0.3) is 0 Å². The molecule has 0 aromatic heterocycles. The number of benzene rings is 1. The molecule has 0 radical (unpaired) electrons. The molecule has 0 saturated heterocycles. The molecule has 3 N–H and O–H groups in total. The summed E-state index contributed by atoms with van der Waals surface area (Å²) in [6, 6.07) is 8.68. The van der Waals surface area contributed by atoms with Gasteiger partial charge in [-0.25, -0.2) is 4.79 Å². The second-order valence-electron chi connectivity index (χ2n) is 6.68. The zero-order chi connectivity index (χ0) is 16.2. The third kappa shape index (κ3) is 4.37. The lowest BCUT2D eigenvalue weighted by molar-refractivity contribution is 0.0526. The highest BCUT2D eigenvalue weighted by molar-refractivity contribution is 5.67. The number of nitrogens with one attached hydrogen (secondary N) is 1. The lowest BCUT2D eigenvalue weighted by atomic mass is 10.1. The van der Waals surface area contributed by atoms with Gasteiger partial charge in [-0.1, -0.05) is 18.2 Å². The van der Waals surface area contributed by atoms with Crippen LogP contribution in [0.2, 0.25) is 0 Å². The van der Waals surface area contributed by atoms with Crippen LogP contribution in [0.1, 0.15) is 32.8 Å². The summed E-state index contributed by atoms with van der Waals surface area (Å²) in [5.74, 6) is 0. The second-order valence-corrected chi connectivity index (χ2v) is 6.68. The number of para-hydroxylation sites is 1. The number of hydrogen-bond acceptors (Lipinski definition) is 4. The fourth-order valence-electron chi connectivity index (χ4n) is 2.80. The molecule has 2 rings (SSSR count). The van der Waals surface area contributed by atoms with E-state index in [2.05, 4.69) is 34.5 Å². The first-order valence-electron chi connectivity index (χ1n) is 7.92. The van der Waals surface area contributed by atoms with Gasteiger partial charge < -0.3 is 20.7 Å². The van der Waals surface area contributed by atoms with Crippen molar-refractivity contribution in [1.82, 2.24) is 5.32 Å². The third-order valence-corrected chi connectivity index (χ3v) is 3.78. The van der Waals surface area contributed by atoms with E-state index in [4.69, 9.17) is 10.5 Å². The van der Waals surface area contributed by atoms with Crippen LogP contribution in [0.4, 0.5) is 10.5 Å². The van der Waals surface area contributed by atoms with Gasteiger partial charge in [0.15, 0.2) is 0 Å². The summed E-state index contributed by atoms with van der Waals surface area (Å²) in [4.78, 5) is 14.0. The van der Waals surface area contributed by atoms with Crippen molar-refractivity contribution in [3.05, 3.63) is 29.8 Å². The molecule has 1 aliphatic rings. The molecule has 1 aromatic carbocycles. The Bertz CT molecular complexity index is 511. The van der Waals surface area contributed by atoms with Crippen LogP contribution in [0.15, 0.2) is 24.3 Å². The number of anilines is 1. The highest BCUT2D eigenvalue weighted by Crippen LogP contribution is 2.29. The van der Waals surface area contributed by atoms with E-state index < -0.39 is 5.60 Å². The lowest BCUT2D eigenvalue weighted by Gasteiger charge is -2.29. The van der Waals surface area contributed by atoms with Crippen molar-refractivity contribution < 1.29 is 9.53 Å². The molecular formula is C17H27N3O2. The van der Waals surface area contributed by atoms with Crippen LogP contribution >= 0.6 is 0 Å². The van der Waals surface area contributed by atoms with E-state index in [1.807, 2.05) is 20.8 Å². The molecule has 0 spiro atoms. The van der Waals surface area contributed by atoms with E-state index in [0.717, 1.165) is 19.4 Å². The predicted molar refractivity (Wildman–Crippen MR) is 89.2 cm³/mol. The van der Waals surface area contributed by atoms with Crippen molar-refractivity contribution in [3.8, 4) is 0 Å². The summed E-state index contributed by atoms with van der Waals surface area (Å²) < 4.78 is 5.24. The van der Waals surface area contributed by atoms with Crippen molar-refractivity contribution in [2.75, 3.05) is 24.5 Å². The largest absolute Gasteiger partial charge is 0.444 e. The average molecular weight is 305 g/mol. The SMILES string of the molecule is CC(C)(C)OC(=O)NCCC(CN)N1CCc2ccccc21. The molecule has 0 bridgehead atoms. The van der Waals surface area contributed by atoms with Gasteiger partial charge in [0.05, 0.1) is 0 Å². The fourth-order valence-corrected chi connectivity index (χ4v) is 2.80. The molecule has 1 heterocycles. The Labute approximate surface area is 132 Å². The lowest BCUT2D eigenvalue weighted by Crippen LogP contribution is -2.42. The molecule has 22 heavy (non-hydrogen) atoms. The summed E-state index contributed by atoms with van der Waals surface area (Å²) in [6.07, 6.45) is 1.50. The van der Waals surface area contributed by atoms with Crippen LogP contribution in [0.3, 0.4) is 0 Å². The number of nitrogens with two attached hydrogens (primary N) is 1. The summed E-state index contributed by atoms with van der Waals surface area (Å²) in [7, 11) is 0. The van der Waals surface area contributed by atoms with Crippen LogP contribution in [-0.2, 0) is 11.2 Å². The van der Waals surface area contributed by atoms with Crippen LogP contribution in [-0.4, -0.2) is 37.4 Å². The van der Waals surface area contributed by atoms with Gasteiger partial charge in [-0.2, -0.15) is 0 Å². The number of alkyl carbamates (subject to hydrolysis) is 1. The quantitative estimate of drug-likeness (QED) is 0.876. The van der Waals surface area contributed by atoms with Gasteiger partial charge in [-0.3, -0.25) is 0 Å². The molecule has 122 valence electrons. The first kappa shape index (κ1) is 16.6.